The van der Waals surface area contributed by atoms with Gasteiger partial charge in [0.05, 0.1) is 93.8 Å². The van der Waals surface area contributed by atoms with E-state index >= 15 is 0 Å². The fourth-order valence-corrected chi connectivity index (χ4v) is 20.6. The quantitative estimate of drug-likeness (QED) is 0.0819. The molecule has 774 valence electrons. The van der Waals surface area contributed by atoms with Gasteiger partial charge in [-0.1, -0.05) is 302 Å². The van der Waals surface area contributed by atoms with E-state index in [0.29, 0.717) is 30.1 Å². The number of fused-ring (bicyclic) bond motifs is 1. The molecule has 1 aliphatic carbocycles. The average Bonchev–Trinajstić information content (AvgIpc) is 1.76. The lowest BCUT2D eigenvalue weighted by molar-refractivity contribution is 0.0514. The summed E-state index contributed by atoms with van der Waals surface area (Å²) >= 11 is 10.8. The molecular weight excluding hydrogens is 1900 g/mol. The van der Waals surface area contributed by atoms with Crippen molar-refractivity contribution >= 4 is 71.4 Å². The maximum atomic E-state index is 12.2. The molecule has 14 aromatic rings. The number of aromatic nitrogens is 10. The van der Waals surface area contributed by atoms with Crippen LogP contribution in [0.4, 0.5) is 0 Å². The van der Waals surface area contributed by atoms with Crippen molar-refractivity contribution in [3.05, 3.63) is 309 Å². The predicted molar refractivity (Wildman–Crippen MR) is 596 cm³/mol. The van der Waals surface area contributed by atoms with Gasteiger partial charge in [-0.25, -0.2) is 45.2 Å². The number of nitrogens with zero attached hydrogens (tertiary/aromatic N) is 12. The minimum atomic E-state index is -3.34. The van der Waals surface area contributed by atoms with Crippen molar-refractivity contribution in [2.24, 2.45) is 29.2 Å². The largest absolute Gasteiger partial charge is 0.493 e. The first-order valence-corrected chi connectivity index (χ1v) is 55.5. The van der Waals surface area contributed by atoms with Crippen molar-refractivity contribution in [3.8, 4) is 49.7 Å². The van der Waals surface area contributed by atoms with E-state index in [1.807, 2.05) is 223 Å². The van der Waals surface area contributed by atoms with Crippen LogP contribution in [0.1, 0.15) is 273 Å². The number of benzene rings is 6. The lowest BCUT2D eigenvalue weighted by atomic mass is 9.75. The van der Waals surface area contributed by atoms with Crippen LogP contribution in [0.2, 0.25) is 5.02 Å². The number of ether oxygens (including phenoxy) is 3. The Labute approximate surface area is 872 Å². The number of hydrogen-bond acceptors (Lipinski definition) is 18. The molecule has 1 aliphatic heterocycles. The molecule has 0 bridgehead atoms. The number of para-hydroxylation sites is 3. The molecule has 9 heterocycles. The van der Waals surface area contributed by atoms with Crippen LogP contribution in [0.25, 0.3) is 38.2 Å². The average molecular weight is 2060 g/mol. The monoisotopic (exact) mass is 2060 g/mol. The molecular formula is C116H159ClN12O9S5. The first-order chi connectivity index (χ1) is 66.6. The number of furan rings is 1. The van der Waals surface area contributed by atoms with Crippen LogP contribution in [0, 0.1) is 22.2 Å². The van der Waals surface area contributed by atoms with E-state index in [1.165, 1.54) is 33.0 Å². The summed E-state index contributed by atoms with van der Waals surface area (Å²) in [7, 11) is -1.11. The summed E-state index contributed by atoms with van der Waals surface area (Å²) in [6, 6.07) is 62.4. The third-order valence-electron chi connectivity index (χ3n) is 23.2. The number of carbonyl (C=O) groups excluding carboxylic acids is 1. The summed E-state index contributed by atoms with van der Waals surface area (Å²) in [5.74, 6) is 2.69. The Morgan fingerprint density at radius 3 is 1.48 bits per heavy atom. The van der Waals surface area contributed by atoms with Gasteiger partial charge in [-0.3, -0.25) is 9.48 Å². The highest BCUT2D eigenvalue weighted by atomic mass is 35.5. The Hall–Kier alpha value is -10.4. The highest BCUT2D eigenvalue weighted by Crippen LogP contribution is 2.40. The number of methoxy groups -OCH3 is 1. The first kappa shape index (κ1) is 118. The third-order valence-corrected chi connectivity index (χ3v) is 29.4. The second kappa shape index (κ2) is 51.6. The summed E-state index contributed by atoms with van der Waals surface area (Å²) in [4.78, 5) is 24.6. The molecule has 0 saturated carbocycles. The van der Waals surface area contributed by atoms with Crippen LogP contribution < -0.4 is 9.47 Å². The maximum absolute atomic E-state index is 12.2. The van der Waals surface area contributed by atoms with Crippen molar-refractivity contribution in [3.63, 3.8) is 0 Å². The molecule has 1 amide bonds. The number of carbonyl (C=O) groups is 1. The molecule has 16 rings (SSSR count). The lowest BCUT2D eigenvalue weighted by Crippen LogP contribution is -2.41. The molecule has 0 N–H and O–H groups in total. The Morgan fingerprint density at radius 2 is 1.04 bits per heavy atom. The van der Waals surface area contributed by atoms with Gasteiger partial charge in [-0.05, 0) is 173 Å². The molecule has 8 aromatic heterocycles. The number of likely N-dealkylation sites (tertiary alicyclic amines) is 1. The van der Waals surface area contributed by atoms with Gasteiger partial charge < -0.3 is 23.5 Å². The number of hydrogen-bond donors (Lipinski definition) is 0. The molecule has 1 atom stereocenters. The zero-order chi connectivity index (χ0) is 106. The number of thiazole rings is 2. The van der Waals surface area contributed by atoms with Gasteiger partial charge >= 0.3 is 0 Å². The summed E-state index contributed by atoms with van der Waals surface area (Å²) < 4.78 is 78.2. The van der Waals surface area contributed by atoms with Crippen molar-refractivity contribution < 1.29 is 40.3 Å². The minimum Gasteiger partial charge on any atom is -0.493 e. The van der Waals surface area contributed by atoms with Gasteiger partial charge in [0.25, 0.3) is 5.91 Å². The van der Waals surface area contributed by atoms with Crippen molar-refractivity contribution in [2.45, 2.75) is 262 Å². The van der Waals surface area contributed by atoms with Crippen molar-refractivity contribution in [1.82, 2.24) is 58.3 Å². The molecule has 6 aromatic carbocycles. The molecule has 143 heavy (non-hydrogen) atoms. The van der Waals surface area contributed by atoms with Gasteiger partial charge in [0.1, 0.15) is 34.3 Å². The van der Waals surface area contributed by atoms with E-state index in [1.54, 1.807) is 78.3 Å². The Kier molecular flexibility index (Phi) is 42.5. The summed E-state index contributed by atoms with van der Waals surface area (Å²) in [6.07, 6.45) is 19.5. The fraction of sp³-hybridized carbons (Fsp3) is 0.457. The third kappa shape index (κ3) is 38.5. The van der Waals surface area contributed by atoms with Crippen LogP contribution >= 0.6 is 45.6 Å². The molecule has 21 nitrogen and oxygen atoms in total. The number of halogens is 1. The lowest BCUT2D eigenvalue weighted by Gasteiger charge is -2.38. The van der Waals surface area contributed by atoms with Crippen LogP contribution in [0.5, 0.6) is 11.5 Å². The van der Waals surface area contributed by atoms with Crippen molar-refractivity contribution in [2.75, 3.05) is 59.9 Å². The van der Waals surface area contributed by atoms with Crippen molar-refractivity contribution in [1.29, 1.82) is 0 Å². The van der Waals surface area contributed by atoms with Crippen LogP contribution in [0.15, 0.2) is 263 Å². The highest BCUT2D eigenvalue weighted by Gasteiger charge is 2.34. The molecule has 1 unspecified atom stereocenters. The Morgan fingerprint density at radius 1 is 0.524 bits per heavy atom. The van der Waals surface area contributed by atoms with E-state index in [-0.39, 0.29) is 54.5 Å². The number of thiophene rings is 1. The van der Waals surface area contributed by atoms with Crippen LogP contribution in [0.3, 0.4) is 0 Å². The Balaban J connectivity index is 0.000000197. The maximum Gasteiger partial charge on any atom is 0.263 e. The number of amides is 1. The van der Waals surface area contributed by atoms with E-state index in [2.05, 4.69) is 238 Å². The first-order valence-electron chi connectivity index (χ1n) is 49.1. The zero-order valence-electron chi connectivity index (χ0n) is 90.6. The predicted octanol–water partition coefficient (Wildman–Crippen LogP) is 29.2. The van der Waals surface area contributed by atoms with Gasteiger partial charge in [0, 0.05) is 113 Å². The molecule has 27 heteroatoms. The number of sulfone groups is 1. The summed E-state index contributed by atoms with van der Waals surface area (Å²) in [5, 5.41) is 26.6. The van der Waals surface area contributed by atoms with Gasteiger partial charge in [-0.2, -0.15) is 20.4 Å². The summed E-state index contributed by atoms with van der Waals surface area (Å²) in [5.41, 5.74) is 15.4. The number of piperidine rings is 1. The van der Waals surface area contributed by atoms with E-state index in [0.717, 1.165) is 151 Å². The molecule has 1 saturated heterocycles. The van der Waals surface area contributed by atoms with Gasteiger partial charge in [-0.15, -0.1) is 34.0 Å². The number of rotatable bonds is 16. The smallest absolute Gasteiger partial charge is 0.263 e. The van der Waals surface area contributed by atoms with E-state index in [4.69, 9.17) is 30.2 Å². The summed E-state index contributed by atoms with van der Waals surface area (Å²) in [6.45, 7) is 62.7. The van der Waals surface area contributed by atoms with Gasteiger partial charge in [0.15, 0.2) is 15.6 Å². The minimum absolute atomic E-state index is 0.0224. The van der Waals surface area contributed by atoms with Gasteiger partial charge in [0.2, 0.25) is 10.0 Å². The second-order valence-corrected chi connectivity index (χ2v) is 53.2. The van der Waals surface area contributed by atoms with Crippen LogP contribution in [-0.2, 0) is 70.6 Å². The van der Waals surface area contributed by atoms with E-state index < -0.39 is 19.9 Å². The normalized spacial score (nSPS) is 13.8. The number of aryl methyl sites for hydroxylation is 2. The SMILES string of the molecule is CC(C)(C)C1CCN(C(=O)c2cccs2)CC1.CC(C)(C)COCCOc1ccccc1.CC(C)(C)c1ccc2c(c1)CCCC2S(C)(=O)=O.CC(C)(C)c1ccn(-c2cccc(Cl)c2)n1.CC(C)(C)c1ccn(-c2ccccc2)n1.CC(C)(C)c1csc(-c2ccoc2)n1.CN(CC(C)(C)C)S(=O)(=O)c1ccccc1.COc1cn(-c2ccccc2)nc1C(C)(C)C.Cn1cc(-c2nc(C(C)(C)C)cs2)cn1. The second-order valence-electron chi connectivity index (χ2n) is 45.9. The molecule has 2 aliphatic rings. The molecule has 0 spiro atoms. The topological polar surface area (TPSA) is 230 Å². The van der Waals surface area contributed by atoms with E-state index in [9.17, 15) is 21.6 Å². The Bertz CT molecular complexity index is 6370. The highest BCUT2D eigenvalue weighted by molar-refractivity contribution is 7.91. The zero-order valence-corrected chi connectivity index (χ0v) is 95.5. The number of sulfonamides is 1. The fourth-order valence-electron chi connectivity index (χ4n) is 14.9. The molecule has 0 radical (unpaired) electrons. The standard InChI is InChI=1S/C15H22O2S.C14H18N2O.C14H21NOS.C13H15ClN2.C13H16N2.C13H20O2.C12H19NO2S.C11H15N3S.C11H13NOS/c1-15(2,3)12-8-9-13-11(10-12)6-5-7-14(13)18(4,16)17;1-14(2,3)13-12(17-4)10-16(15-13)11-8-6-5-7-9-11;1-14(2,3)11-6-8-15(9-7-11)13(16)12-5-4-10-17-12;1-13(2,3)12-7-8-16(15-12)11-6-4-5-10(14)9-11;1-13(2,3)12-9-10-15(14-12)11-7-5-4-6-8-11;1-13(2,3)11-14-9-10-15-12-7-5-4-6-8-12;1-12(2,3)10-13(4)16(14,15)11-8-6-5-7-9-11;1-11(2,3)9-7-15-10(13-9)8-5-12-14(4)6-8;1-11(2,3)9-7-14-10(12-9)8-4-5-13-6-8/h8-10,14H,5-7H2,1-4H3;5-10H,1-4H3;4-5,10-11H,6-9H2,1-3H3;4-9H,1-3H3;4-10H,1-3H3;4-8H,9-11H2,1-3H3;5-9H,10H2,1-4H3;5-7H,1-4H3;4-7H,1-3H3. The molecule has 1 fully saturated rings. The van der Waals surface area contributed by atoms with Crippen LogP contribution in [-0.4, -0.2) is 141 Å².